The van der Waals surface area contributed by atoms with E-state index in [1.807, 2.05) is 0 Å². The van der Waals surface area contributed by atoms with Crippen molar-refractivity contribution in [1.82, 2.24) is 0 Å². The molecule has 12 heavy (non-hydrogen) atoms. The molecule has 0 aliphatic carbocycles. The third kappa shape index (κ3) is 7.02. The predicted molar refractivity (Wildman–Crippen MR) is 46.6 cm³/mol. The van der Waals surface area contributed by atoms with E-state index in [0.29, 0.717) is 6.42 Å². The van der Waals surface area contributed by atoms with E-state index >= 15 is 0 Å². The average molecular weight is 170 g/mol. The summed E-state index contributed by atoms with van der Waals surface area (Å²) in [4.78, 5) is 10.5. The Hall–Kier alpha value is -1.09. The Morgan fingerprint density at radius 2 is 2.25 bits per heavy atom. The first-order valence-electron chi connectivity index (χ1n) is 3.76. The molecule has 0 saturated heterocycles. The fraction of sp³-hybridized carbons (Fsp3) is 0.444. The molecule has 0 saturated carbocycles. The van der Waals surface area contributed by atoms with Crippen LogP contribution in [0.1, 0.15) is 13.3 Å². The van der Waals surface area contributed by atoms with Gasteiger partial charge in [-0.05, 0) is 13.3 Å². The lowest BCUT2D eigenvalue weighted by Crippen LogP contribution is -1.95. The highest BCUT2D eigenvalue weighted by atomic mass is 16.5. The van der Waals surface area contributed by atoms with Crippen molar-refractivity contribution in [3.8, 4) is 0 Å². The van der Waals surface area contributed by atoms with Crippen LogP contribution in [-0.4, -0.2) is 24.3 Å². The van der Waals surface area contributed by atoms with Crippen molar-refractivity contribution in [3.63, 3.8) is 0 Å². The molecular formula is C9H14O3. The molecule has 1 atom stereocenters. The van der Waals surface area contributed by atoms with Gasteiger partial charge in [-0.25, -0.2) is 4.79 Å². The molecule has 0 aliphatic heterocycles. The smallest absolute Gasteiger partial charge is 0.330 e. The lowest BCUT2D eigenvalue weighted by Gasteiger charge is -1.94. The van der Waals surface area contributed by atoms with E-state index in [2.05, 4.69) is 4.74 Å². The standard InChI is InChI=1S/C9H14O3/c1-8(10)6-4-3-5-7-9(11)12-2/h3-5,7-8,10H,6H2,1-2H3/b4-3+,7-5+. The van der Waals surface area contributed by atoms with Crippen LogP contribution in [0.3, 0.4) is 0 Å². The van der Waals surface area contributed by atoms with Crippen LogP contribution in [0.25, 0.3) is 0 Å². The molecule has 0 radical (unpaired) electrons. The van der Waals surface area contributed by atoms with Crippen LogP contribution in [0.5, 0.6) is 0 Å². The lowest BCUT2D eigenvalue weighted by atomic mass is 10.2. The van der Waals surface area contributed by atoms with E-state index < -0.39 is 0 Å². The van der Waals surface area contributed by atoms with E-state index in [0.717, 1.165) is 0 Å². The third-order valence-electron chi connectivity index (χ3n) is 1.16. The topological polar surface area (TPSA) is 46.5 Å². The van der Waals surface area contributed by atoms with Gasteiger partial charge < -0.3 is 9.84 Å². The highest BCUT2D eigenvalue weighted by Gasteiger charge is 1.88. The van der Waals surface area contributed by atoms with Gasteiger partial charge in [0.1, 0.15) is 0 Å². The van der Waals surface area contributed by atoms with Crippen molar-refractivity contribution < 1.29 is 14.6 Å². The first-order valence-corrected chi connectivity index (χ1v) is 3.76. The Labute approximate surface area is 72.3 Å². The number of methoxy groups -OCH3 is 1. The number of hydrogen-bond donors (Lipinski definition) is 1. The number of allylic oxidation sites excluding steroid dienone is 2. The molecule has 0 fully saturated rings. The van der Waals surface area contributed by atoms with Gasteiger partial charge in [-0.3, -0.25) is 0 Å². The summed E-state index contributed by atoms with van der Waals surface area (Å²) in [5.41, 5.74) is 0. The Bertz CT molecular complexity index is 180. The van der Waals surface area contributed by atoms with Crippen molar-refractivity contribution in [2.45, 2.75) is 19.4 Å². The first kappa shape index (κ1) is 10.9. The Kier molecular flexibility index (Phi) is 6.01. The molecule has 0 heterocycles. The lowest BCUT2D eigenvalue weighted by molar-refractivity contribution is -0.134. The normalized spacial score (nSPS) is 13.9. The zero-order valence-corrected chi connectivity index (χ0v) is 7.36. The van der Waals surface area contributed by atoms with Crippen LogP contribution in [0, 0.1) is 0 Å². The first-order chi connectivity index (χ1) is 5.66. The number of esters is 1. The van der Waals surface area contributed by atoms with Crippen LogP contribution in [0.15, 0.2) is 24.3 Å². The molecule has 3 nitrogen and oxygen atoms in total. The quantitative estimate of drug-likeness (QED) is 0.389. The van der Waals surface area contributed by atoms with Gasteiger partial charge in [0.25, 0.3) is 0 Å². The summed E-state index contributed by atoms with van der Waals surface area (Å²) >= 11 is 0. The van der Waals surface area contributed by atoms with Crippen molar-refractivity contribution >= 4 is 5.97 Å². The van der Waals surface area contributed by atoms with E-state index in [1.54, 1.807) is 25.2 Å². The predicted octanol–water partition coefficient (Wildman–Crippen LogP) is 1.04. The second kappa shape index (κ2) is 6.61. The van der Waals surface area contributed by atoms with Crippen LogP contribution in [-0.2, 0) is 9.53 Å². The van der Waals surface area contributed by atoms with Crippen LogP contribution >= 0.6 is 0 Å². The number of carbonyl (C=O) groups is 1. The Morgan fingerprint density at radius 1 is 1.58 bits per heavy atom. The van der Waals surface area contributed by atoms with Crippen molar-refractivity contribution in [2.24, 2.45) is 0 Å². The molecule has 0 amide bonds. The highest BCUT2D eigenvalue weighted by Crippen LogP contribution is 1.91. The van der Waals surface area contributed by atoms with Gasteiger partial charge in [-0.1, -0.05) is 18.2 Å². The number of aliphatic hydroxyl groups is 1. The van der Waals surface area contributed by atoms with E-state index in [4.69, 9.17) is 5.11 Å². The largest absolute Gasteiger partial charge is 0.466 e. The fourth-order valence-electron chi connectivity index (χ4n) is 0.556. The maximum Gasteiger partial charge on any atom is 0.330 e. The number of hydrogen-bond acceptors (Lipinski definition) is 3. The van der Waals surface area contributed by atoms with E-state index in [-0.39, 0.29) is 12.1 Å². The highest BCUT2D eigenvalue weighted by molar-refractivity contribution is 5.82. The van der Waals surface area contributed by atoms with Gasteiger partial charge >= 0.3 is 5.97 Å². The monoisotopic (exact) mass is 170 g/mol. The minimum Gasteiger partial charge on any atom is -0.466 e. The van der Waals surface area contributed by atoms with Gasteiger partial charge in [0.15, 0.2) is 0 Å². The summed E-state index contributed by atoms with van der Waals surface area (Å²) in [6.07, 6.45) is 6.62. The summed E-state index contributed by atoms with van der Waals surface area (Å²) in [7, 11) is 1.33. The van der Waals surface area contributed by atoms with Crippen LogP contribution < -0.4 is 0 Å². The zero-order valence-electron chi connectivity index (χ0n) is 7.36. The van der Waals surface area contributed by atoms with Gasteiger partial charge in [0.2, 0.25) is 0 Å². The molecule has 0 bridgehead atoms. The molecular weight excluding hydrogens is 156 g/mol. The molecule has 3 heteroatoms. The summed E-state index contributed by atoms with van der Waals surface area (Å²) in [5, 5.41) is 8.84. The zero-order chi connectivity index (χ0) is 9.40. The van der Waals surface area contributed by atoms with E-state index in [9.17, 15) is 4.79 Å². The molecule has 0 aliphatic rings. The molecule has 1 N–H and O–H groups in total. The number of aliphatic hydroxyl groups excluding tert-OH is 1. The molecule has 0 spiro atoms. The minimum atomic E-state index is -0.378. The van der Waals surface area contributed by atoms with Crippen molar-refractivity contribution in [3.05, 3.63) is 24.3 Å². The maximum absolute atomic E-state index is 10.5. The molecule has 0 aromatic carbocycles. The third-order valence-corrected chi connectivity index (χ3v) is 1.16. The SMILES string of the molecule is COC(=O)/C=C/C=C/CC(C)O. The Balaban J connectivity index is 3.59. The number of ether oxygens (including phenoxy) is 1. The minimum absolute atomic E-state index is 0.340. The van der Waals surface area contributed by atoms with Crippen molar-refractivity contribution in [1.29, 1.82) is 0 Å². The average Bonchev–Trinajstić information content (AvgIpc) is 2.03. The van der Waals surface area contributed by atoms with Crippen molar-refractivity contribution in [2.75, 3.05) is 7.11 Å². The fourth-order valence-corrected chi connectivity index (χ4v) is 0.556. The number of carbonyl (C=O) groups excluding carboxylic acids is 1. The van der Waals surface area contributed by atoms with Gasteiger partial charge in [0, 0.05) is 6.08 Å². The van der Waals surface area contributed by atoms with Gasteiger partial charge in [-0.15, -0.1) is 0 Å². The maximum atomic E-state index is 10.5. The molecule has 0 aromatic rings. The molecule has 1 unspecified atom stereocenters. The second-order valence-electron chi connectivity index (χ2n) is 2.40. The molecule has 0 rings (SSSR count). The molecule has 0 aromatic heterocycles. The number of rotatable bonds is 4. The summed E-state index contributed by atoms with van der Waals surface area (Å²) < 4.78 is 4.37. The molecule has 68 valence electrons. The van der Waals surface area contributed by atoms with Gasteiger partial charge in [0.05, 0.1) is 13.2 Å². The van der Waals surface area contributed by atoms with Crippen LogP contribution in [0.4, 0.5) is 0 Å². The summed E-state index contributed by atoms with van der Waals surface area (Å²) in [5.74, 6) is -0.378. The van der Waals surface area contributed by atoms with Crippen LogP contribution in [0.2, 0.25) is 0 Å². The summed E-state index contributed by atoms with van der Waals surface area (Å²) in [6, 6.07) is 0. The van der Waals surface area contributed by atoms with E-state index in [1.165, 1.54) is 13.2 Å². The second-order valence-corrected chi connectivity index (χ2v) is 2.40. The Morgan fingerprint density at radius 3 is 2.75 bits per heavy atom. The summed E-state index contributed by atoms with van der Waals surface area (Å²) in [6.45, 7) is 1.70. The van der Waals surface area contributed by atoms with Gasteiger partial charge in [-0.2, -0.15) is 0 Å².